The second-order valence-corrected chi connectivity index (χ2v) is 19.2. The molecule has 0 N–H and O–H groups in total. The van der Waals surface area contributed by atoms with E-state index in [2.05, 4.69) is 96.9 Å². The quantitative estimate of drug-likeness (QED) is 0.185. The standard InChI is InChI=1S/C38H42N2S5/c1-15-18(4)31(41-23(15)9)25-16(2)17(3)26(30-29(25)39-45-40-30)32-19(5)20(6)33(43-32)34-22(8)28-36(44-34)35-27(21(7)24(10)42-35)37(11,12)38(28,13)14/h1-14H3. The Labute approximate surface area is 288 Å². The van der Waals surface area contributed by atoms with E-state index in [9.17, 15) is 0 Å². The Morgan fingerprint density at radius 1 is 0.378 bits per heavy atom. The van der Waals surface area contributed by atoms with E-state index in [0.29, 0.717) is 0 Å². The molecule has 1 aliphatic carbocycles. The molecule has 6 aromatic rings. The predicted octanol–water partition coefficient (Wildman–Crippen LogP) is 13.3. The first-order valence-corrected chi connectivity index (χ1v) is 19.7. The number of fused-ring (bicyclic) bond motifs is 4. The van der Waals surface area contributed by atoms with Crippen molar-refractivity contribution >= 4 is 68.1 Å². The summed E-state index contributed by atoms with van der Waals surface area (Å²) in [6.07, 6.45) is 0. The third kappa shape index (κ3) is 4.00. The van der Waals surface area contributed by atoms with Gasteiger partial charge >= 0.3 is 0 Å². The molecule has 0 spiro atoms. The lowest BCUT2D eigenvalue weighted by atomic mass is 9.57. The van der Waals surface area contributed by atoms with E-state index in [1.807, 2.05) is 45.3 Å². The van der Waals surface area contributed by atoms with E-state index in [0.717, 1.165) is 11.0 Å². The molecule has 0 amide bonds. The first-order chi connectivity index (χ1) is 21.0. The highest BCUT2D eigenvalue weighted by Gasteiger charge is 2.50. The van der Waals surface area contributed by atoms with Crippen LogP contribution >= 0.6 is 57.1 Å². The van der Waals surface area contributed by atoms with E-state index in [1.54, 1.807) is 11.1 Å². The molecule has 7 rings (SSSR count). The summed E-state index contributed by atoms with van der Waals surface area (Å²) in [6, 6.07) is 0. The van der Waals surface area contributed by atoms with Crippen LogP contribution in [0.2, 0.25) is 0 Å². The maximum Gasteiger partial charge on any atom is 0.114 e. The number of hydrogen-bond acceptors (Lipinski definition) is 7. The topological polar surface area (TPSA) is 25.8 Å². The Kier molecular flexibility index (Phi) is 7.10. The minimum absolute atomic E-state index is 0.0219. The van der Waals surface area contributed by atoms with Crippen molar-refractivity contribution in [1.29, 1.82) is 0 Å². The minimum Gasteiger partial charge on any atom is -0.172 e. The predicted molar refractivity (Wildman–Crippen MR) is 204 cm³/mol. The fourth-order valence-electron chi connectivity index (χ4n) is 7.64. The van der Waals surface area contributed by atoms with Crippen LogP contribution < -0.4 is 0 Å². The molecular formula is C38H42N2S5. The van der Waals surface area contributed by atoms with E-state index in [1.165, 1.54) is 106 Å². The normalized spacial score (nSPS) is 15.2. The summed E-state index contributed by atoms with van der Waals surface area (Å²) in [5.41, 5.74) is 18.9. The van der Waals surface area contributed by atoms with Gasteiger partial charge in [-0.3, -0.25) is 0 Å². The number of aryl methyl sites for hydroxylation is 2. The molecule has 1 aliphatic rings. The number of rotatable bonds is 3. The Bertz CT molecular complexity index is 2220. The van der Waals surface area contributed by atoms with E-state index >= 15 is 0 Å². The Morgan fingerprint density at radius 3 is 1.29 bits per heavy atom. The molecule has 0 atom stereocenters. The van der Waals surface area contributed by atoms with Gasteiger partial charge in [0, 0.05) is 61.0 Å². The van der Waals surface area contributed by atoms with Gasteiger partial charge in [-0.25, -0.2) is 0 Å². The summed E-state index contributed by atoms with van der Waals surface area (Å²) in [5.74, 6) is 0. The highest BCUT2D eigenvalue weighted by molar-refractivity contribution is 7.28. The van der Waals surface area contributed by atoms with Gasteiger partial charge in [0.15, 0.2) is 0 Å². The molecule has 0 radical (unpaired) electrons. The van der Waals surface area contributed by atoms with Crippen LogP contribution in [0.25, 0.3) is 51.4 Å². The van der Waals surface area contributed by atoms with E-state index < -0.39 is 0 Å². The fraction of sp³-hybridized carbons (Fsp3) is 0.421. The lowest BCUT2D eigenvalue weighted by molar-refractivity contribution is 0.299. The van der Waals surface area contributed by atoms with Gasteiger partial charge in [0.1, 0.15) is 11.0 Å². The van der Waals surface area contributed by atoms with Crippen LogP contribution in [0.15, 0.2) is 0 Å². The smallest absolute Gasteiger partial charge is 0.114 e. The van der Waals surface area contributed by atoms with Crippen LogP contribution in [-0.4, -0.2) is 8.75 Å². The molecule has 2 nitrogen and oxygen atoms in total. The van der Waals surface area contributed by atoms with E-state index in [-0.39, 0.29) is 10.8 Å². The molecule has 0 bridgehead atoms. The highest BCUT2D eigenvalue weighted by atomic mass is 32.1. The Hall–Kier alpha value is -2.16. The van der Waals surface area contributed by atoms with Crippen molar-refractivity contribution in [2.45, 2.75) is 108 Å². The van der Waals surface area contributed by atoms with Crippen molar-refractivity contribution in [1.82, 2.24) is 8.75 Å². The van der Waals surface area contributed by atoms with Crippen LogP contribution in [0, 0.1) is 69.2 Å². The van der Waals surface area contributed by atoms with Crippen molar-refractivity contribution in [3.63, 3.8) is 0 Å². The van der Waals surface area contributed by atoms with Gasteiger partial charge in [-0.2, -0.15) is 8.75 Å². The van der Waals surface area contributed by atoms with Crippen LogP contribution in [0.1, 0.15) is 93.1 Å². The lowest BCUT2D eigenvalue weighted by Crippen LogP contribution is -2.43. The zero-order chi connectivity index (χ0) is 32.7. The summed E-state index contributed by atoms with van der Waals surface area (Å²) in [6.45, 7) is 32.9. The van der Waals surface area contributed by atoms with E-state index in [4.69, 9.17) is 8.75 Å². The zero-order valence-electron chi connectivity index (χ0n) is 28.9. The average Bonchev–Trinajstić information content (AvgIpc) is 3.77. The molecule has 7 heteroatoms. The van der Waals surface area contributed by atoms with Crippen molar-refractivity contribution in [2.75, 3.05) is 0 Å². The maximum absolute atomic E-state index is 4.98. The molecular weight excluding hydrogens is 645 g/mol. The van der Waals surface area contributed by atoms with Crippen molar-refractivity contribution in [3.05, 3.63) is 65.4 Å². The van der Waals surface area contributed by atoms with Gasteiger partial charge in [-0.05, 0) is 125 Å². The highest BCUT2D eigenvalue weighted by Crippen LogP contribution is 2.63. The third-order valence-electron chi connectivity index (χ3n) is 11.6. The summed E-state index contributed by atoms with van der Waals surface area (Å²) < 4.78 is 9.93. The molecule has 1 aromatic carbocycles. The summed E-state index contributed by atoms with van der Waals surface area (Å²) in [5, 5.41) is 0. The third-order valence-corrected chi connectivity index (χ3v) is 17.7. The molecule has 234 valence electrons. The van der Waals surface area contributed by atoms with Crippen LogP contribution in [-0.2, 0) is 10.8 Å². The fourth-order valence-corrected chi connectivity index (χ4v) is 14.1. The maximum atomic E-state index is 4.98. The van der Waals surface area contributed by atoms with Crippen LogP contribution in [0.5, 0.6) is 0 Å². The van der Waals surface area contributed by atoms with Crippen LogP contribution in [0.4, 0.5) is 0 Å². The summed E-state index contributed by atoms with van der Waals surface area (Å²) in [7, 11) is 0. The molecule has 5 heterocycles. The molecule has 0 saturated heterocycles. The van der Waals surface area contributed by atoms with Crippen molar-refractivity contribution in [2.24, 2.45) is 0 Å². The zero-order valence-corrected chi connectivity index (χ0v) is 33.0. The molecule has 0 aliphatic heterocycles. The van der Waals surface area contributed by atoms with Gasteiger partial charge in [0.25, 0.3) is 0 Å². The average molecular weight is 687 g/mol. The van der Waals surface area contributed by atoms with Gasteiger partial charge in [-0.15, -0.1) is 45.3 Å². The Balaban J connectivity index is 1.47. The molecule has 0 unspecified atom stereocenters. The monoisotopic (exact) mass is 686 g/mol. The number of benzene rings is 1. The number of hydrogen-bond donors (Lipinski definition) is 0. The second kappa shape index (κ2) is 10.2. The number of thiophene rings is 4. The molecule has 5 aromatic heterocycles. The number of aromatic nitrogens is 2. The molecule has 45 heavy (non-hydrogen) atoms. The largest absolute Gasteiger partial charge is 0.172 e. The lowest BCUT2D eigenvalue weighted by Gasteiger charge is -2.47. The van der Waals surface area contributed by atoms with Gasteiger partial charge in [0.2, 0.25) is 0 Å². The second-order valence-electron chi connectivity index (χ2n) is 14.2. The first kappa shape index (κ1) is 31.4. The van der Waals surface area contributed by atoms with Crippen LogP contribution in [0.3, 0.4) is 0 Å². The van der Waals surface area contributed by atoms with Gasteiger partial charge in [0.05, 0.1) is 11.7 Å². The summed E-state index contributed by atoms with van der Waals surface area (Å²) >= 11 is 9.24. The van der Waals surface area contributed by atoms with Gasteiger partial charge < -0.3 is 0 Å². The SMILES string of the molecule is Cc1sc(-c2c(C)c(C)c(-c3sc(-c4sc5c(c4C)C(C)(C)C(C)(C)c4c-5sc(C)c4C)c(C)c3C)c3nsnc23)c(C)c1C. The molecule has 0 fully saturated rings. The van der Waals surface area contributed by atoms with Crippen molar-refractivity contribution in [3.8, 4) is 40.4 Å². The summed E-state index contributed by atoms with van der Waals surface area (Å²) in [4.78, 5) is 11.4. The van der Waals surface area contributed by atoms with Crippen molar-refractivity contribution < 1.29 is 0 Å². The molecule has 0 saturated carbocycles. The van der Waals surface area contributed by atoms with Gasteiger partial charge in [-0.1, -0.05) is 27.7 Å². The Morgan fingerprint density at radius 2 is 0.756 bits per heavy atom. The number of nitrogens with zero attached hydrogens (tertiary/aromatic N) is 2. The minimum atomic E-state index is 0.0219. The first-order valence-electron chi connectivity index (χ1n) is 15.7.